The average Bonchev–Trinajstić information content (AvgIpc) is 2.83. The maximum Gasteiger partial charge on any atom is 0.410 e. The molecule has 1 amide bonds. The number of piperidine rings is 1. The number of nitrogens with two attached hydrogens (primary N) is 1. The third-order valence-electron chi connectivity index (χ3n) is 4.25. The summed E-state index contributed by atoms with van der Waals surface area (Å²) < 4.78 is 7.29. The van der Waals surface area contributed by atoms with Gasteiger partial charge in [0.1, 0.15) is 5.60 Å². The van der Waals surface area contributed by atoms with E-state index in [2.05, 4.69) is 6.07 Å². The summed E-state index contributed by atoms with van der Waals surface area (Å²) in [5.74, 6) is 6.30. The van der Waals surface area contributed by atoms with Crippen molar-refractivity contribution in [2.45, 2.75) is 51.7 Å². The molecular weight excluding hydrogens is 290 g/mol. The number of rotatable bonds is 1. The first kappa shape index (κ1) is 15.7. The molecule has 1 saturated heterocycles. The van der Waals surface area contributed by atoms with E-state index in [1.807, 2.05) is 49.9 Å². The molecular formula is C18H25N3O2. The fourth-order valence-electron chi connectivity index (χ4n) is 3.23. The van der Waals surface area contributed by atoms with Crippen molar-refractivity contribution < 1.29 is 9.53 Å². The molecule has 1 aliphatic rings. The minimum Gasteiger partial charge on any atom is -0.444 e. The number of likely N-dealkylation sites (tertiary alicyclic amines) is 1. The van der Waals surface area contributed by atoms with E-state index < -0.39 is 5.60 Å². The van der Waals surface area contributed by atoms with Crippen LogP contribution in [0.15, 0.2) is 30.3 Å². The monoisotopic (exact) mass is 315 g/mol. The van der Waals surface area contributed by atoms with Gasteiger partial charge in [0.25, 0.3) is 0 Å². The Balaban J connectivity index is 1.94. The molecule has 0 aliphatic carbocycles. The van der Waals surface area contributed by atoms with Gasteiger partial charge in [-0.3, -0.25) is 9.58 Å². The first-order valence-electron chi connectivity index (χ1n) is 8.22. The van der Waals surface area contributed by atoms with E-state index in [9.17, 15) is 4.79 Å². The van der Waals surface area contributed by atoms with Gasteiger partial charge < -0.3 is 10.6 Å². The third kappa shape index (κ3) is 3.14. The lowest BCUT2D eigenvalue weighted by atomic mass is 10.00. The molecule has 0 radical (unpaired) electrons. The van der Waals surface area contributed by atoms with Gasteiger partial charge in [-0.05, 0) is 52.2 Å². The Morgan fingerprint density at radius 1 is 1.26 bits per heavy atom. The molecule has 0 bridgehead atoms. The normalized spacial score (nSPS) is 19.1. The van der Waals surface area contributed by atoms with E-state index >= 15 is 0 Å². The summed E-state index contributed by atoms with van der Waals surface area (Å²) in [4.78, 5) is 14.4. The smallest absolute Gasteiger partial charge is 0.410 e. The number of nitrogens with zero attached hydrogens (tertiary/aromatic N) is 2. The van der Waals surface area contributed by atoms with E-state index in [0.717, 1.165) is 35.9 Å². The molecule has 2 heterocycles. The standard InChI is InChI=1S/C18H25N3O2/c1-18(2,3)23-17(22)20-11-7-6-10-15(20)16-12-13-8-4-5-9-14(13)21(16)19/h4-5,8-9,12,15H,6-7,10-11,19H2,1-3H3/t15-/m0/s1. The van der Waals surface area contributed by atoms with Crippen molar-refractivity contribution >= 4 is 17.0 Å². The second-order valence-corrected chi connectivity index (χ2v) is 7.18. The fraction of sp³-hybridized carbons (Fsp3) is 0.500. The van der Waals surface area contributed by atoms with E-state index in [1.54, 1.807) is 4.68 Å². The molecule has 5 heteroatoms. The first-order valence-corrected chi connectivity index (χ1v) is 8.22. The highest BCUT2D eigenvalue weighted by atomic mass is 16.6. The van der Waals surface area contributed by atoms with E-state index in [4.69, 9.17) is 10.6 Å². The van der Waals surface area contributed by atoms with E-state index in [1.165, 1.54) is 0 Å². The lowest BCUT2D eigenvalue weighted by molar-refractivity contribution is 0.00881. The fourth-order valence-corrected chi connectivity index (χ4v) is 3.23. The van der Waals surface area contributed by atoms with Gasteiger partial charge in [-0.2, -0.15) is 0 Å². The highest BCUT2D eigenvalue weighted by Gasteiger charge is 2.33. The Morgan fingerprint density at radius 3 is 2.70 bits per heavy atom. The molecule has 2 aromatic rings. The molecule has 1 aromatic heterocycles. The van der Waals surface area contributed by atoms with Crippen LogP contribution >= 0.6 is 0 Å². The quantitative estimate of drug-likeness (QED) is 0.814. The molecule has 3 rings (SSSR count). The van der Waals surface area contributed by atoms with Gasteiger partial charge in [0, 0.05) is 11.9 Å². The van der Waals surface area contributed by atoms with Gasteiger partial charge in [0.05, 0.1) is 17.3 Å². The van der Waals surface area contributed by atoms with Crippen LogP contribution in [0.5, 0.6) is 0 Å². The Bertz CT molecular complexity index is 715. The minimum absolute atomic E-state index is 0.0315. The van der Waals surface area contributed by atoms with Crippen LogP contribution in [-0.2, 0) is 4.74 Å². The SMILES string of the molecule is CC(C)(C)OC(=O)N1CCCC[C@H]1c1cc2ccccc2n1N. The summed E-state index contributed by atoms with van der Waals surface area (Å²) in [7, 11) is 0. The zero-order chi connectivity index (χ0) is 16.6. The van der Waals surface area contributed by atoms with Gasteiger partial charge in [-0.25, -0.2) is 4.79 Å². The lowest BCUT2D eigenvalue weighted by Crippen LogP contribution is -2.42. The molecule has 5 nitrogen and oxygen atoms in total. The van der Waals surface area contributed by atoms with Gasteiger partial charge in [-0.15, -0.1) is 0 Å². The third-order valence-corrected chi connectivity index (χ3v) is 4.25. The predicted octanol–water partition coefficient (Wildman–Crippen LogP) is 3.82. The minimum atomic E-state index is -0.492. The number of para-hydroxylation sites is 1. The van der Waals surface area contributed by atoms with Crippen LogP contribution < -0.4 is 5.84 Å². The number of fused-ring (bicyclic) bond motifs is 1. The van der Waals surface area contributed by atoms with Crippen molar-refractivity contribution in [3.8, 4) is 0 Å². The predicted molar refractivity (Wildman–Crippen MR) is 91.6 cm³/mol. The zero-order valence-corrected chi connectivity index (χ0v) is 14.1. The van der Waals surface area contributed by atoms with Gasteiger partial charge >= 0.3 is 6.09 Å². The van der Waals surface area contributed by atoms with E-state index in [-0.39, 0.29) is 12.1 Å². The van der Waals surface area contributed by atoms with Crippen LogP contribution in [0.25, 0.3) is 10.9 Å². The molecule has 23 heavy (non-hydrogen) atoms. The Hall–Kier alpha value is -2.17. The van der Waals surface area contributed by atoms with Crippen LogP contribution in [0.3, 0.4) is 0 Å². The Morgan fingerprint density at radius 2 is 2.00 bits per heavy atom. The number of hydrogen-bond donors (Lipinski definition) is 1. The van der Waals surface area contributed by atoms with Crippen LogP contribution in [0, 0.1) is 0 Å². The summed E-state index contributed by atoms with van der Waals surface area (Å²) in [5.41, 5.74) is 1.46. The second kappa shape index (κ2) is 5.80. The van der Waals surface area contributed by atoms with Gasteiger partial charge in [-0.1, -0.05) is 18.2 Å². The molecule has 124 valence electrons. The summed E-state index contributed by atoms with van der Waals surface area (Å²) in [6, 6.07) is 10.1. The molecule has 1 atom stereocenters. The number of nitrogen functional groups attached to an aromatic ring is 1. The van der Waals surface area contributed by atoms with Crippen molar-refractivity contribution in [2.24, 2.45) is 0 Å². The lowest BCUT2D eigenvalue weighted by Gasteiger charge is -2.36. The van der Waals surface area contributed by atoms with Crippen LogP contribution in [-0.4, -0.2) is 27.8 Å². The summed E-state index contributed by atoms with van der Waals surface area (Å²) in [5, 5.41) is 1.10. The molecule has 1 fully saturated rings. The number of carbonyl (C=O) groups is 1. The number of ether oxygens (including phenoxy) is 1. The van der Waals surface area contributed by atoms with Gasteiger partial charge in [0.2, 0.25) is 0 Å². The van der Waals surface area contributed by atoms with E-state index in [0.29, 0.717) is 6.54 Å². The van der Waals surface area contributed by atoms with Crippen molar-refractivity contribution in [1.82, 2.24) is 9.58 Å². The van der Waals surface area contributed by atoms with Crippen LogP contribution in [0.4, 0.5) is 4.79 Å². The highest BCUT2D eigenvalue weighted by molar-refractivity contribution is 5.81. The summed E-state index contributed by atoms with van der Waals surface area (Å²) in [6.07, 6.45) is 2.74. The van der Waals surface area contributed by atoms with Crippen molar-refractivity contribution in [3.63, 3.8) is 0 Å². The largest absolute Gasteiger partial charge is 0.444 e. The summed E-state index contributed by atoms with van der Waals surface area (Å²) >= 11 is 0. The number of carbonyl (C=O) groups excluding carboxylic acids is 1. The van der Waals surface area contributed by atoms with Crippen molar-refractivity contribution in [3.05, 3.63) is 36.0 Å². The molecule has 0 spiro atoms. The maximum absolute atomic E-state index is 12.6. The zero-order valence-electron chi connectivity index (χ0n) is 14.1. The topological polar surface area (TPSA) is 60.5 Å². The van der Waals surface area contributed by atoms with Crippen LogP contribution in [0.1, 0.15) is 51.8 Å². The average molecular weight is 315 g/mol. The number of aromatic nitrogens is 1. The molecule has 1 aliphatic heterocycles. The maximum atomic E-state index is 12.6. The molecule has 0 saturated carbocycles. The summed E-state index contributed by atoms with van der Waals surface area (Å²) in [6.45, 7) is 6.39. The molecule has 0 unspecified atom stereocenters. The highest BCUT2D eigenvalue weighted by Crippen LogP contribution is 2.34. The van der Waals surface area contributed by atoms with Crippen LogP contribution in [0.2, 0.25) is 0 Å². The number of benzene rings is 1. The second-order valence-electron chi connectivity index (χ2n) is 7.18. The van der Waals surface area contributed by atoms with Crippen molar-refractivity contribution in [1.29, 1.82) is 0 Å². The van der Waals surface area contributed by atoms with Crippen molar-refractivity contribution in [2.75, 3.05) is 12.4 Å². The van der Waals surface area contributed by atoms with Gasteiger partial charge in [0.15, 0.2) is 0 Å². The number of hydrogen-bond acceptors (Lipinski definition) is 3. The molecule has 2 N–H and O–H groups in total. The molecule has 1 aromatic carbocycles. The Labute approximate surface area is 137 Å². The first-order chi connectivity index (χ1) is 10.9. The number of amides is 1. The Kier molecular flexibility index (Phi) is 3.96.